The van der Waals surface area contributed by atoms with Gasteiger partial charge in [0.2, 0.25) is 0 Å². The minimum Gasteiger partial charge on any atom is -0.495 e. The summed E-state index contributed by atoms with van der Waals surface area (Å²) in [4.78, 5) is 0.0695. The number of nitrogens with zero attached hydrogens (tertiary/aromatic N) is 1. The predicted molar refractivity (Wildman–Crippen MR) is 94.2 cm³/mol. The molecule has 0 fully saturated rings. The van der Waals surface area contributed by atoms with E-state index in [2.05, 4.69) is 6.58 Å². The van der Waals surface area contributed by atoms with Gasteiger partial charge < -0.3 is 4.74 Å². The molecule has 23 heavy (non-hydrogen) atoms. The van der Waals surface area contributed by atoms with Gasteiger partial charge in [0.15, 0.2) is 0 Å². The molecule has 122 valence electrons. The van der Waals surface area contributed by atoms with Gasteiger partial charge in [0.05, 0.1) is 29.3 Å². The van der Waals surface area contributed by atoms with Crippen molar-refractivity contribution in [3.63, 3.8) is 0 Å². The summed E-state index contributed by atoms with van der Waals surface area (Å²) in [6.45, 7) is 3.74. The first-order valence-corrected chi connectivity index (χ1v) is 8.82. The lowest BCUT2D eigenvalue weighted by atomic mass is 10.3. The molecule has 0 aliphatic carbocycles. The van der Waals surface area contributed by atoms with Gasteiger partial charge in [-0.3, -0.25) is 4.31 Å². The summed E-state index contributed by atoms with van der Waals surface area (Å²) in [5, 5.41) is 0.750. The van der Waals surface area contributed by atoms with Gasteiger partial charge in [0.25, 0.3) is 10.0 Å². The lowest BCUT2D eigenvalue weighted by Crippen LogP contribution is -2.31. The van der Waals surface area contributed by atoms with Crippen molar-refractivity contribution in [1.82, 2.24) is 0 Å². The molecule has 0 spiro atoms. The minimum absolute atomic E-state index is 0.0695. The third kappa shape index (κ3) is 3.80. The Kier molecular flexibility index (Phi) is 5.57. The van der Waals surface area contributed by atoms with Crippen molar-refractivity contribution < 1.29 is 13.2 Å². The van der Waals surface area contributed by atoms with Gasteiger partial charge in [-0.25, -0.2) is 8.42 Å². The minimum atomic E-state index is -3.80. The van der Waals surface area contributed by atoms with E-state index in [0.29, 0.717) is 16.5 Å². The maximum absolute atomic E-state index is 12.9. The molecule has 2 rings (SSSR count). The summed E-state index contributed by atoms with van der Waals surface area (Å²) in [5.74, 6) is 0.410. The van der Waals surface area contributed by atoms with E-state index in [1.165, 1.54) is 35.7 Å². The fraction of sp³-hybridized carbons (Fsp3) is 0.125. The summed E-state index contributed by atoms with van der Waals surface area (Å²) in [6, 6.07) is 10.9. The fourth-order valence-corrected chi connectivity index (χ4v) is 3.91. The highest BCUT2D eigenvalue weighted by atomic mass is 35.5. The molecule has 0 heterocycles. The summed E-state index contributed by atoms with van der Waals surface area (Å²) in [5.41, 5.74) is 0.487. The Hall–Kier alpha value is -1.69. The molecular formula is C16H15Cl2NO3S. The molecule has 0 aliphatic rings. The molecule has 2 aromatic rings. The van der Waals surface area contributed by atoms with Crippen LogP contribution in [0.15, 0.2) is 60.0 Å². The molecule has 7 heteroatoms. The zero-order valence-electron chi connectivity index (χ0n) is 12.4. The monoisotopic (exact) mass is 371 g/mol. The van der Waals surface area contributed by atoms with Gasteiger partial charge in [-0.1, -0.05) is 29.3 Å². The van der Waals surface area contributed by atoms with Crippen molar-refractivity contribution in [3.8, 4) is 5.75 Å². The molecule has 0 aromatic heterocycles. The zero-order chi connectivity index (χ0) is 17.0. The lowest BCUT2D eigenvalue weighted by Gasteiger charge is -2.23. The molecule has 0 N–H and O–H groups in total. The number of methoxy groups -OCH3 is 1. The Morgan fingerprint density at radius 1 is 1.17 bits per heavy atom. The van der Waals surface area contributed by atoms with Crippen LogP contribution in [0.4, 0.5) is 5.69 Å². The summed E-state index contributed by atoms with van der Waals surface area (Å²) in [7, 11) is -2.33. The summed E-state index contributed by atoms with van der Waals surface area (Å²) < 4.78 is 32.1. The average molecular weight is 372 g/mol. The highest BCUT2D eigenvalue weighted by molar-refractivity contribution is 7.92. The van der Waals surface area contributed by atoms with Crippen molar-refractivity contribution >= 4 is 38.9 Å². The second-order valence-electron chi connectivity index (χ2n) is 4.60. The van der Waals surface area contributed by atoms with Crippen LogP contribution in [0, 0.1) is 0 Å². The van der Waals surface area contributed by atoms with Crippen LogP contribution in [0.25, 0.3) is 0 Å². The van der Waals surface area contributed by atoms with E-state index in [1.807, 2.05) is 0 Å². The SMILES string of the molecule is C=CCN(c1ccc(Cl)cc1)S(=O)(=O)c1ccc(OC)c(Cl)c1. The van der Waals surface area contributed by atoms with Crippen LogP contribution in [-0.2, 0) is 10.0 Å². The Bertz CT molecular complexity index is 805. The van der Waals surface area contributed by atoms with Crippen molar-refractivity contribution in [1.29, 1.82) is 0 Å². The third-order valence-corrected chi connectivity index (χ3v) is 5.46. The van der Waals surface area contributed by atoms with Gasteiger partial charge in [-0.05, 0) is 42.5 Å². The molecular weight excluding hydrogens is 357 g/mol. The molecule has 0 aliphatic heterocycles. The zero-order valence-corrected chi connectivity index (χ0v) is 14.7. The van der Waals surface area contributed by atoms with Crippen LogP contribution in [-0.4, -0.2) is 22.1 Å². The molecule has 0 amide bonds. The van der Waals surface area contributed by atoms with Crippen LogP contribution >= 0.6 is 23.2 Å². The number of sulfonamides is 1. The summed E-state index contributed by atoms with van der Waals surface area (Å²) in [6.07, 6.45) is 1.51. The van der Waals surface area contributed by atoms with E-state index in [1.54, 1.807) is 24.3 Å². The highest BCUT2D eigenvalue weighted by Crippen LogP contribution is 2.30. The number of hydrogen-bond acceptors (Lipinski definition) is 3. The van der Waals surface area contributed by atoms with Gasteiger partial charge >= 0.3 is 0 Å². The number of rotatable bonds is 6. The number of halogens is 2. The fourth-order valence-electron chi connectivity index (χ4n) is 2.00. The van der Waals surface area contributed by atoms with Crippen molar-refractivity contribution in [2.75, 3.05) is 18.0 Å². The smallest absolute Gasteiger partial charge is 0.264 e. The maximum atomic E-state index is 12.9. The molecule has 0 atom stereocenters. The molecule has 0 saturated heterocycles. The first-order chi connectivity index (χ1) is 10.9. The normalized spacial score (nSPS) is 11.1. The first-order valence-electron chi connectivity index (χ1n) is 6.63. The Labute approximate surface area is 145 Å². The Balaban J connectivity index is 2.50. The first kappa shape index (κ1) is 17.7. The quantitative estimate of drug-likeness (QED) is 0.707. The molecule has 0 bridgehead atoms. The van der Waals surface area contributed by atoms with Crippen molar-refractivity contribution in [2.45, 2.75) is 4.90 Å². The maximum Gasteiger partial charge on any atom is 0.264 e. The van der Waals surface area contributed by atoms with E-state index >= 15 is 0 Å². The molecule has 0 radical (unpaired) electrons. The van der Waals surface area contributed by atoms with Crippen molar-refractivity contribution in [2.24, 2.45) is 0 Å². The van der Waals surface area contributed by atoms with Gasteiger partial charge in [0.1, 0.15) is 5.75 Å². The average Bonchev–Trinajstić information content (AvgIpc) is 2.53. The second kappa shape index (κ2) is 7.25. The summed E-state index contributed by atoms with van der Waals surface area (Å²) >= 11 is 11.9. The van der Waals surface area contributed by atoms with Crippen LogP contribution < -0.4 is 9.04 Å². The van der Waals surface area contributed by atoms with Crippen LogP contribution in [0.1, 0.15) is 0 Å². The second-order valence-corrected chi connectivity index (χ2v) is 7.30. The third-order valence-electron chi connectivity index (χ3n) is 3.12. The van der Waals surface area contributed by atoms with E-state index < -0.39 is 10.0 Å². The van der Waals surface area contributed by atoms with Crippen molar-refractivity contribution in [3.05, 3.63) is 65.2 Å². The molecule has 2 aromatic carbocycles. The molecule has 0 saturated carbocycles. The van der Waals surface area contributed by atoms with Crippen LogP contribution in [0.5, 0.6) is 5.75 Å². The topological polar surface area (TPSA) is 46.6 Å². The lowest BCUT2D eigenvalue weighted by molar-refractivity contribution is 0.414. The standard InChI is InChI=1S/C16H15Cl2NO3S/c1-3-10-19(13-6-4-12(17)5-7-13)23(20,21)14-8-9-16(22-2)15(18)11-14/h3-9,11H,1,10H2,2H3. The molecule has 0 unspecified atom stereocenters. The number of benzene rings is 2. The van der Waals surface area contributed by atoms with Crippen LogP contribution in [0.2, 0.25) is 10.0 Å². The number of anilines is 1. The Morgan fingerprint density at radius 3 is 2.35 bits per heavy atom. The van der Waals surface area contributed by atoms with Crippen LogP contribution in [0.3, 0.4) is 0 Å². The molecule has 4 nitrogen and oxygen atoms in total. The van der Waals surface area contributed by atoms with Gasteiger partial charge in [-0.2, -0.15) is 0 Å². The number of hydrogen-bond donors (Lipinski definition) is 0. The highest BCUT2D eigenvalue weighted by Gasteiger charge is 2.25. The van der Waals surface area contributed by atoms with E-state index in [4.69, 9.17) is 27.9 Å². The van der Waals surface area contributed by atoms with E-state index in [9.17, 15) is 8.42 Å². The Morgan fingerprint density at radius 2 is 1.83 bits per heavy atom. The van der Waals surface area contributed by atoms with E-state index in [0.717, 1.165) is 0 Å². The predicted octanol–water partition coefficient (Wildman–Crippen LogP) is 4.38. The van der Waals surface area contributed by atoms with E-state index in [-0.39, 0.29) is 16.5 Å². The largest absolute Gasteiger partial charge is 0.495 e. The van der Waals surface area contributed by atoms with Gasteiger partial charge in [0, 0.05) is 5.02 Å². The van der Waals surface area contributed by atoms with Gasteiger partial charge in [-0.15, -0.1) is 6.58 Å². The number of ether oxygens (including phenoxy) is 1.